The fourth-order valence-corrected chi connectivity index (χ4v) is 5.76. The predicted molar refractivity (Wildman–Crippen MR) is 76.9 cm³/mol. The minimum absolute atomic E-state index is 0.0103. The van der Waals surface area contributed by atoms with Crippen LogP contribution in [0.4, 0.5) is 0 Å². The first-order chi connectivity index (χ1) is 10.3. The van der Waals surface area contributed by atoms with E-state index in [1.165, 1.54) is 0 Å². The van der Waals surface area contributed by atoms with Crippen molar-refractivity contribution >= 4 is 11.8 Å². The second-order valence-electron chi connectivity index (χ2n) is 7.94. The number of hydrogen-bond acceptors (Lipinski definition) is 5. The van der Waals surface area contributed by atoms with E-state index in [0.29, 0.717) is 13.0 Å². The van der Waals surface area contributed by atoms with Crippen molar-refractivity contribution in [3.8, 4) is 0 Å². The SMILES string of the molecule is CCOC(=O)[C@@H]1C(=O)CC2C[C@@]34CC1C[C@]3(C2)OC(C)(C)O4. The third-order valence-corrected chi connectivity index (χ3v) is 5.98. The van der Waals surface area contributed by atoms with Crippen molar-refractivity contribution < 1.29 is 23.8 Å². The molecule has 1 saturated heterocycles. The molecule has 5 nitrogen and oxygen atoms in total. The third-order valence-electron chi connectivity index (χ3n) is 5.98. The van der Waals surface area contributed by atoms with Crippen LogP contribution in [0.5, 0.6) is 0 Å². The van der Waals surface area contributed by atoms with Crippen molar-refractivity contribution in [2.75, 3.05) is 6.61 Å². The first-order valence-corrected chi connectivity index (χ1v) is 8.39. The normalized spacial score (nSPS) is 48.1. The number of carbonyl (C=O) groups excluding carboxylic acids is 2. The topological polar surface area (TPSA) is 61.8 Å². The summed E-state index contributed by atoms with van der Waals surface area (Å²) in [6.45, 7) is 6.02. The number of carbonyl (C=O) groups is 2. The molecule has 5 heteroatoms. The predicted octanol–water partition coefficient (Wildman–Crippen LogP) is 2.22. The maximum atomic E-state index is 12.6. The molecule has 5 rings (SSSR count). The minimum atomic E-state index is -0.627. The lowest BCUT2D eigenvalue weighted by Crippen LogP contribution is -2.41. The van der Waals surface area contributed by atoms with Crippen LogP contribution in [-0.4, -0.2) is 35.3 Å². The Labute approximate surface area is 130 Å². The van der Waals surface area contributed by atoms with Crippen LogP contribution in [0.2, 0.25) is 0 Å². The van der Waals surface area contributed by atoms with Gasteiger partial charge in [-0.3, -0.25) is 9.59 Å². The van der Waals surface area contributed by atoms with Gasteiger partial charge in [-0.1, -0.05) is 0 Å². The fourth-order valence-electron chi connectivity index (χ4n) is 5.76. The lowest BCUT2D eigenvalue weighted by molar-refractivity contribution is -0.193. The van der Waals surface area contributed by atoms with Gasteiger partial charge in [0.25, 0.3) is 0 Å². The summed E-state index contributed by atoms with van der Waals surface area (Å²) in [6, 6.07) is 0. The summed E-state index contributed by atoms with van der Waals surface area (Å²) < 4.78 is 17.9. The van der Waals surface area contributed by atoms with Crippen molar-refractivity contribution in [1.82, 2.24) is 0 Å². The van der Waals surface area contributed by atoms with E-state index in [0.717, 1.165) is 25.7 Å². The Morgan fingerprint density at radius 1 is 1.18 bits per heavy atom. The lowest BCUT2D eigenvalue weighted by atomic mass is 9.77. The van der Waals surface area contributed by atoms with Crippen LogP contribution in [0, 0.1) is 17.8 Å². The van der Waals surface area contributed by atoms with Crippen molar-refractivity contribution in [1.29, 1.82) is 0 Å². The van der Waals surface area contributed by atoms with Crippen molar-refractivity contribution in [3.63, 3.8) is 0 Å². The van der Waals surface area contributed by atoms with Gasteiger partial charge in [0, 0.05) is 6.42 Å². The molecular weight excluding hydrogens is 284 g/mol. The van der Waals surface area contributed by atoms with E-state index in [2.05, 4.69) is 0 Å². The van der Waals surface area contributed by atoms with E-state index in [-0.39, 0.29) is 34.8 Å². The van der Waals surface area contributed by atoms with Crippen LogP contribution in [-0.2, 0) is 23.8 Å². The summed E-state index contributed by atoms with van der Waals surface area (Å²) in [6.07, 6.45) is 3.70. The minimum Gasteiger partial charge on any atom is -0.465 e. The summed E-state index contributed by atoms with van der Waals surface area (Å²) in [5.41, 5.74) is -0.617. The zero-order valence-corrected chi connectivity index (χ0v) is 13.5. The fraction of sp³-hybridized carbons (Fsp3) is 0.882. The number of hydrogen-bond donors (Lipinski definition) is 0. The van der Waals surface area contributed by atoms with Crippen LogP contribution in [0.25, 0.3) is 0 Å². The van der Waals surface area contributed by atoms with E-state index in [1.54, 1.807) is 6.92 Å². The van der Waals surface area contributed by atoms with Gasteiger partial charge in [0.2, 0.25) is 0 Å². The van der Waals surface area contributed by atoms with E-state index in [9.17, 15) is 9.59 Å². The molecule has 22 heavy (non-hydrogen) atoms. The van der Waals surface area contributed by atoms with E-state index < -0.39 is 11.7 Å². The summed E-state index contributed by atoms with van der Waals surface area (Å²) in [5.74, 6) is -1.25. The first-order valence-electron chi connectivity index (χ1n) is 8.39. The van der Waals surface area contributed by atoms with Crippen LogP contribution in [0.15, 0.2) is 0 Å². The molecule has 2 spiro atoms. The van der Waals surface area contributed by atoms with Gasteiger partial charge in [-0.2, -0.15) is 0 Å². The molecule has 1 heterocycles. The van der Waals surface area contributed by atoms with E-state index in [1.807, 2.05) is 13.8 Å². The van der Waals surface area contributed by atoms with Crippen LogP contribution >= 0.6 is 0 Å². The highest BCUT2D eigenvalue weighted by Gasteiger charge is 2.74. The third kappa shape index (κ3) is 1.78. The van der Waals surface area contributed by atoms with Gasteiger partial charge < -0.3 is 14.2 Å². The zero-order valence-electron chi connectivity index (χ0n) is 13.5. The van der Waals surface area contributed by atoms with E-state index >= 15 is 0 Å². The standard InChI is InChI=1S/C17H24O5/c1-4-20-14(19)13-11-8-16-6-10(5-12(13)18)7-17(16,9-11)22-15(2,3)21-16/h10-11,13H,4-9H2,1-3H3/t10?,11?,13-,16-,17+/m0/s1. The molecule has 5 aliphatic rings. The molecule has 2 unspecified atom stereocenters. The Bertz CT molecular complexity index is 515. The Morgan fingerprint density at radius 2 is 1.77 bits per heavy atom. The summed E-state index contributed by atoms with van der Waals surface area (Å²) >= 11 is 0. The number of Topliss-reactive ketones (excluding diaryl/α,β-unsaturated/α-hetero) is 1. The van der Waals surface area contributed by atoms with Crippen molar-refractivity contribution in [3.05, 3.63) is 0 Å². The zero-order chi connectivity index (χ0) is 15.8. The summed E-state index contributed by atoms with van der Waals surface area (Å²) in [4.78, 5) is 24.9. The van der Waals surface area contributed by atoms with Gasteiger partial charge in [-0.25, -0.2) is 0 Å². The molecule has 0 aromatic heterocycles. The van der Waals surface area contributed by atoms with Gasteiger partial charge in [-0.05, 0) is 58.3 Å². The van der Waals surface area contributed by atoms with Crippen molar-refractivity contribution in [2.45, 2.75) is 69.9 Å². The number of ketones is 1. The molecule has 122 valence electrons. The van der Waals surface area contributed by atoms with Crippen LogP contribution in [0.1, 0.15) is 52.9 Å². The molecule has 5 fully saturated rings. The Hall–Kier alpha value is -0.940. The molecular formula is C17H24O5. The molecule has 5 atom stereocenters. The van der Waals surface area contributed by atoms with Crippen molar-refractivity contribution in [2.24, 2.45) is 17.8 Å². The Morgan fingerprint density at radius 3 is 2.32 bits per heavy atom. The second-order valence-corrected chi connectivity index (χ2v) is 7.94. The number of esters is 1. The second kappa shape index (κ2) is 4.32. The summed E-state index contributed by atoms with van der Waals surface area (Å²) in [5, 5.41) is 0. The van der Waals surface area contributed by atoms with E-state index in [4.69, 9.17) is 14.2 Å². The Kier molecular flexibility index (Phi) is 2.88. The molecule has 1 aliphatic heterocycles. The average Bonchev–Trinajstić information content (AvgIpc) is 2.80. The van der Waals surface area contributed by atoms with Gasteiger partial charge in [0.1, 0.15) is 22.9 Å². The number of fused-ring (bicyclic) bond motifs is 2. The lowest BCUT2D eigenvalue weighted by Gasteiger charge is -2.33. The maximum absolute atomic E-state index is 12.6. The quantitative estimate of drug-likeness (QED) is 0.578. The molecule has 4 aliphatic carbocycles. The highest BCUT2D eigenvalue weighted by Crippen LogP contribution is 2.67. The van der Waals surface area contributed by atoms with Gasteiger partial charge >= 0.3 is 5.97 Å². The average molecular weight is 308 g/mol. The van der Waals surface area contributed by atoms with Crippen LogP contribution < -0.4 is 0 Å². The highest BCUT2D eigenvalue weighted by atomic mass is 16.8. The highest BCUT2D eigenvalue weighted by molar-refractivity contribution is 5.99. The largest absolute Gasteiger partial charge is 0.465 e. The molecule has 0 aromatic rings. The van der Waals surface area contributed by atoms with Gasteiger partial charge in [0.15, 0.2) is 5.79 Å². The monoisotopic (exact) mass is 308 g/mol. The van der Waals surface area contributed by atoms with Gasteiger partial charge in [-0.15, -0.1) is 0 Å². The number of ether oxygens (including phenoxy) is 3. The molecule has 0 aromatic carbocycles. The first kappa shape index (κ1) is 14.6. The number of rotatable bonds is 2. The smallest absolute Gasteiger partial charge is 0.316 e. The Balaban J connectivity index is 1.70. The molecule has 4 saturated carbocycles. The van der Waals surface area contributed by atoms with Crippen LogP contribution in [0.3, 0.4) is 0 Å². The van der Waals surface area contributed by atoms with Gasteiger partial charge in [0.05, 0.1) is 6.61 Å². The molecule has 4 bridgehead atoms. The summed E-state index contributed by atoms with van der Waals surface area (Å²) in [7, 11) is 0. The maximum Gasteiger partial charge on any atom is 0.316 e. The molecule has 0 radical (unpaired) electrons. The molecule has 0 amide bonds. The molecule has 0 N–H and O–H groups in total.